The number of nitrogens with one attached hydrogen (secondary N) is 3. The van der Waals surface area contributed by atoms with Gasteiger partial charge >= 0.3 is 0 Å². The Hall–Kier alpha value is -6.69. The molecule has 0 spiro atoms. The molecule has 0 saturated carbocycles. The normalized spacial score (nSPS) is 13.0. The molecule has 2 heterocycles. The van der Waals surface area contributed by atoms with Gasteiger partial charge in [0.15, 0.2) is 0 Å². The van der Waals surface area contributed by atoms with E-state index in [0.717, 1.165) is 49.8 Å². The van der Waals surface area contributed by atoms with Crippen molar-refractivity contribution in [1.29, 1.82) is 5.41 Å². The summed E-state index contributed by atoms with van der Waals surface area (Å²) in [6.07, 6.45) is -0.262. The van der Waals surface area contributed by atoms with E-state index in [2.05, 4.69) is 168 Å². The van der Waals surface area contributed by atoms with Crippen LogP contribution in [0, 0.1) is 5.41 Å². The fourth-order valence-electron chi connectivity index (χ4n) is 8.12. The number of furan rings is 1. The maximum atomic E-state index is 9.24. The van der Waals surface area contributed by atoms with Crippen molar-refractivity contribution in [2.24, 2.45) is 0 Å². The van der Waals surface area contributed by atoms with Gasteiger partial charge in [-0.2, -0.15) is 0 Å². The zero-order valence-electron chi connectivity index (χ0n) is 29.2. The van der Waals surface area contributed by atoms with Gasteiger partial charge in [-0.15, -0.1) is 0 Å². The number of rotatable bonds is 7. The summed E-state index contributed by atoms with van der Waals surface area (Å²) in [5, 5.41) is 25.9. The fourth-order valence-corrected chi connectivity index (χ4v) is 8.12. The molecule has 0 bridgehead atoms. The predicted molar refractivity (Wildman–Crippen MR) is 220 cm³/mol. The van der Waals surface area contributed by atoms with Crippen molar-refractivity contribution in [3.05, 3.63) is 187 Å². The number of aromatic nitrogens is 1. The lowest BCUT2D eigenvalue weighted by molar-refractivity contribution is 0.444. The highest BCUT2D eigenvalue weighted by molar-refractivity contribution is 6.32. The molecule has 254 valence electrons. The number of benzene rings is 8. The van der Waals surface area contributed by atoms with E-state index in [1.54, 1.807) is 0 Å². The van der Waals surface area contributed by atoms with Crippen LogP contribution >= 0.6 is 0 Å². The summed E-state index contributed by atoms with van der Waals surface area (Å²) < 4.78 is 8.95. The minimum atomic E-state index is -0.262. The average Bonchev–Trinajstić information content (AvgIpc) is 3.77. The first-order valence-electron chi connectivity index (χ1n) is 18.1. The molecule has 53 heavy (non-hydrogen) atoms. The third kappa shape index (κ3) is 5.16. The van der Waals surface area contributed by atoms with E-state index in [9.17, 15) is 5.41 Å². The van der Waals surface area contributed by atoms with Crippen LogP contribution in [0.4, 0.5) is 0 Å². The van der Waals surface area contributed by atoms with Crippen LogP contribution in [0.25, 0.3) is 71.0 Å². The lowest BCUT2D eigenvalue weighted by Crippen LogP contribution is -2.39. The highest BCUT2D eigenvalue weighted by Crippen LogP contribution is 2.44. The van der Waals surface area contributed by atoms with Crippen LogP contribution in [-0.4, -0.2) is 10.4 Å². The van der Waals surface area contributed by atoms with Crippen molar-refractivity contribution >= 4 is 71.1 Å². The van der Waals surface area contributed by atoms with Crippen molar-refractivity contribution in [3.63, 3.8) is 0 Å². The standard InChI is InChI=1S/C48H36N4O/c1-30(31-12-4-2-5-13-31)50-48(35-16-6-3-7-17-35)51-47(49)34-20-24-36(25-21-34)52-40-27-22-32-14-8-10-18-37(32)43(40)39-26-29-42-45(46(39)52)44-38-19-11-9-15-33(38)23-28-41(44)53-42/h2-30,48,50H,1H3,(H2,49,51). The third-order valence-corrected chi connectivity index (χ3v) is 10.7. The molecule has 0 aliphatic rings. The molecule has 10 aromatic rings. The second kappa shape index (κ2) is 12.5. The Kier molecular flexibility index (Phi) is 7.34. The molecule has 0 saturated heterocycles. The highest BCUT2D eigenvalue weighted by atomic mass is 16.3. The Labute approximate surface area is 306 Å². The maximum absolute atomic E-state index is 9.24. The van der Waals surface area contributed by atoms with Gasteiger partial charge in [0.05, 0.1) is 16.4 Å². The number of nitrogens with zero attached hydrogens (tertiary/aromatic N) is 1. The summed E-state index contributed by atoms with van der Waals surface area (Å²) in [6, 6.07) is 59.3. The number of amidine groups is 1. The molecular weight excluding hydrogens is 649 g/mol. The second-order valence-corrected chi connectivity index (χ2v) is 13.8. The highest BCUT2D eigenvalue weighted by Gasteiger charge is 2.22. The van der Waals surface area contributed by atoms with Crippen LogP contribution in [0.2, 0.25) is 0 Å². The Morgan fingerprint density at radius 2 is 1.13 bits per heavy atom. The first-order valence-corrected chi connectivity index (χ1v) is 18.1. The predicted octanol–water partition coefficient (Wildman–Crippen LogP) is 12.0. The monoisotopic (exact) mass is 684 g/mol. The first-order chi connectivity index (χ1) is 26.1. The quantitative estimate of drug-likeness (QED) is 0.0889. The largest absolute Gasteiger partial charge is 0.456 e. The van der Waals surface area contributed by atoms with Crippen molar-refractivity contribution in [3.8, 4) is 5.69 Å². The Morgan fingerprint density at radius 1 is 0.547 bits per heavy atom. The average molecular weight is 685 g/mol. The number of hydrogen-bond acceptors (Lipinski definition) is 3. The molecule has 2 aromatic heterocycles. The lowest BCUT2D eigenvalue weighted by atomic mass is 10.0. The van der Waals surface area contributed by atoms with Gasteiger partial charge in [0.25, 0.3) is 0 Å². The maximum Gasteiger partial charge on any atom is 0.137 e. The molecular formula is C48H36N4O. The lowest BCUT2D eigenvalue weighted by Gasteiger charge is -2.26. The van der Waals surface area contributed by atoms with Crippen LogP contribution in [0.15, 0.2) is 174 Å². The minimum Gasteiger partial charge on any atom is -0.456 e. The van der Waals surface area contributed by atoms with Crippen LogP contribution in [0.5, 0.6) is 0 Å². The van der Waals surface area contributed by atoms with Crippen molar-refractivity contribution in [2.45, 2.75) is 19.1 Å². The summed E-state index contributed by atoms with van der Waals surface area (Å²) in [5.74, 6) is 0.348. The van der Waals surface area contributed by atoms with Crippen molar-refractivity contribution in [2.75, 3.05) is 0 Å². The summed E-state index contributed by atoms with van der Waals surface area (Å²) in [4.78, 5) is 0. The fraction of sp³-hybridized carbons (Fsp3) is 0.0625. The van der Waals surface area contributed by atoms with Gasteiger partial charge in [-0.05, 0) is 88.1 Å². The second-order valence-electron chi connectivity index (χ2n) is 13.8. The summed E-state index contributed by atoms with van der Waals surface area (Å²) in [7, 11) is 0. The molecule has 0 radical (unpaired) electrons. The van der Waals surface area contributed by atoms with Crippen molar-refractivity contribution < 1.29 is 4.42 Å². The van der Waals surface area contributed by atoms with Crippen molar-refractivity contribution in [1.82, 2.24) is 15.2 Å². The van der Waals surface area contributed by atoms with E-state index < -0.39 is 0 Å². The Bertz CT molecular complexity index is 2980. The SMILES string of the molecule is CC(NC(NC(=N)c1ccc(-n2c3ccc4ccccc4c3c3ccc4oc5ccc6ccccc6c5c4c32)cc1)c1ccccc1)c1ccccc1. The molecule has 2 atom stereocenters. The summed E-state index contributed by atoms with van der Waals surface area (Å²) in [6.45, 7) is 2.16. The topological polar surface area (TPSA) is 66.0 Å². The van der Waals surface area contributed by atoms with Crippen LogP contribution in [0.1, 0.15) is 35.8 Å². The zero-order valence-corrected chi connectivity index (χ0v) is 29.2. The zero-order chi connectivity index (χ0) is 35.5. The van der Waals surface area contributed by atoms with Crippen LogP contribution in [0.3, 0.4) is 0 Å². The molecule has 5 nitrogen and oxygen atoms in total. The minimum absolute atomic E-state index is 0.0726. The van der Waals surface area contributed by atoms with E-state index in [4.69, 9.17) is 4.42 Å². The third-order valence-electron chi connectivity index (χ3n) is 10.7. The van der Waals surface area contributed by atoms with E-state index in [-0.39, 0.29) is 12.2 Å². The molecule has 0 aliphatic heterocycles. The molecule has 2 unspecified atom stereocenters. The molecule has 0 amide bonds. The van der Waals surface area contributed by atoms with Gasteiger partial charge in [0.2, 0.25) is 0 Å². The van der Waals surface area contributed by atoms with Gasteiger partial charge in [-0.25, -0.2) is 0 Å². The van der Waals surface area contributed by atoms with Crippen LogP contribution in [-0.2, 0) is 0 Å². The van der Waals surface area contributed by atoms with Gasteiger partial charge in [-0.3, -0.25) is 10.7 Å². The van der Waals surface area contributed by atoms with E-state index >= 15 is 0 Å². The van der Waals surface area contributed by atoms with E-state index in [0.29, 0.717) is 5.84 Å². The molecule has 8 aromatic carbocycles. The Balaban J connectivity index is 1.11. The van der Waals surface area contributed by atoms with Gasteiger partial charge in [0, 0.05) is 33.5 Å². The van der Waals surface area contributed by atoms with Gasteiger partial charge in [0.1, 0.15) is 23.2 Å². The summed E-state index contributed by atoms with van der Waals surface area (Å²) in [5.41, 5.74) is 8.08. The smallest absolute Gasteiger partial charge is 0.137 e. The van der Waals surface area contributed by atoms with Crippen LogP contribution < -0.4 is 10.6 Å². The van der Waals surface area contributed by atoms with Gasteiger partial charge in [-0.1, -0.05) is 121 Å². The van der Waals surface area contributed by atoms with E-state index in [1.165, 1.54) is 37.9 Å². The Morgan fingerprint density at radius 3 is 1.85 bits per heavy atom. The molecule has 3 N–H and O–H groups in total. The first kappa shape index (κ1) is 31.1. The molecule has 10 rings (SSSR count). The van der Waals surface area contributed by atoms with E-state index in [1.807, 2.05) is 24.3 Å². The molecule has 0 fully saturated rings. The number of hydrogen-bond donors (Lipinski definition) is 3. The number of fused-ring (bicyclic) bond motifs is 11. The summed E-state index contributed by atoms with van der Waals surface area (Å²) >= 11 is 0. The molecule has 0 aliphatic carbocycles. The molecule has 5 heteroatoms. The van der Waals surface area contributed by atoms with Gasteiger partial charge < -0.3 is 14.3 Å².